The summed E-state index contributed by atoms with van der Waals surface area (Å²) in [5, 5.41) is 2.37. The molecule has 9 aromatic rings. The van der Waals surface area contributed by atoms with Crippen LogP contribution >= 0.6 is 0 Å². The van der Waals surface area contributed by atoms with Crippen molar-refractivity contribution < 1.29 is 0 Å². The normalized spacial score (nSPS) is 14.5. The molecule has 4 heteroatoms. The Bertz CT molecular complexity index is 3020. The second-order valence-corrected chi connectivity index (χ2v) is 16.1. The number of aromatic nitrogens is 4. The van der Waals surface area contributed by atoms with Gasteiger partial charge in [0.2, 0.25) is 5.95 Å². The third kappa shape index (κ3) is 4.55. The van der Waals surface area contributed by atoms with Gasteiger partial charge in [0.25, 0.3) is 0 Å². The van der Waals surface area contributed by atoms with Gasteiger partial charge in [-0.1, -0.05) is 173 Å². The van der Waals surface area contributed by atoms with Crippen LogP contribution < -0.4 is 0 Å². The third-order valence-electron chi connectivity index (χ3n) is 12.3. The number of fused-ring (bicyclic) bond motifs is 10. The predicted molar refractivity (Wildman–Crippen MR) is 226 cm³/mol. The summed E-state index contributed by atoms with van der Waals surface area (Å²) >= 11 is 0. The fraction of sp³-hybridized carbons (Fsp3) is 0.118. The number of nitrogens with zero attached hydrogens (tertiary/aromatic N) is 4. The van der Waals surface area contributed by atoms with Crippen molar-refractivity contribution in [2.24, 2.45) is 0 Å². The maximum absolute atomic E-state index is 5.42. The SMILES string of the molecule is CC1(C)c2ccccc2-c2ccc(-c3nc(-c4ccc(-c5ccccc5)cc4)nc(-n4c5ccccc5c5ccc6c(c54)-c4ccccc4C6(C)C)n3)cc21. The summed E-state index contributed by atoms with van der Waals surface area (Å²) in [7, 11) is 0. The van der Waals surface area contributed by atoms with E-state index < -0.39 is 0 Å². The van der Waals surface area contributed by atoms with Gasteiger partial charge in [0.1, 0.15) is 0 Å². The Kier molecular flexibility index (Phi) is 6.61. The molecule has 0 N–H and O–H groups in total. The maximum atomic E-state index is 5.42. The van der Waals surface area contributed by atoms with Gasteiger partial charge in [-0.3, -0.25) is 4.57 Å². The summed E-state index contributed by atoms with van der Waals surface area (Å²) < 4.78 is 2.29. The maximum Gasteiger partial charge on any atom is 0.238 e. The molecule has 0 spiro atoms. The number of hydrogen-bond donors (Lipinski definition) is 0. The lowest BCUT2D eigenvalue weighted by molar-refractivity contribution is 0.660. The van der Waals surface area contributed by atoms with E-state index in [1.807, 2.05) is 6.07 Å². The fourth-order valence-electron chi connectivity index (χ4n) is 9.46. The summed E-state index contributed by atoms with van der Waals surface area (Å²) in [4.78, 5) is 16.0. The molecule has 0 atom stereocenters. The van der Waals surface area contributed by atoms with Crippen LogP contribution in [0.4, 0.5) is 0 Å². The van der Waals surface area contributed by atoms with Crippen molar-refractivity contribution in [1.29, 1.82) is 0 Å². The minimum absolute atomic E-state index is 0.147. The number of para-hydroxylation sites is 1. The Hall–Kier alpha value is -6.65. The third-order valence-corrected chi connectivity index (χ3v) is 12.3. The van der Waals surface area contributed by atoms with Crippen molar-refractivity contribution in [2.45, 2.75) is 38.5 Å². The van der Waals surface area contributed by atoms with E-state index in [9.17, 15) is 0 Å². The van der Waals surface area contributed by atoms with Crippen molar-refractivity contribution in [3.8, 4) is 62.1 Å². The molecule has 2 aliphatic carbocycles. The van der Waals surface area contributed by atoms with Crippen molar-refractivity contribution in [3.63, 3.8) is 0 Å². The Morgan fingerprint density at radius 3 is 1.75 bits per heavy atom. The van der Waals surface area contributed by atoms with Crippen LogP contribution in [0.1, 0.15) is 49.9 Å². The van der Waals surface area contributed by atoms with Crippen LogP contribution in [0.3, 0.4) is 0 Å². The molecule has 2 aliphatic rings. The van der Waals surface area contributed by atoms with E-state index in [0.717, 1.165) is 27.7 Å². The van der Waals surface area contributed by atoms with Crippen LogP contribution in [0.15, 0.2) is 158 Å². The Morgan fingerprint density at radius 2 is 0.964 bits per heavy atom. The number of rotatable bonds is 4. The lowest BCUT2D eigenvalue weighted by atomic mass is 9.82. The molecule has 0 unspecified atom stereocenters. The first-order valence-electron chi connectivity index (χ1n) is 19.1. The molecule has 0 bridgehead atoms. The van der Waals surface area contributed by atoms with Gasteiger partial charge >= 0.3 is 0 Å². The molecule has 0 radical (unpaired) electrons. The fourth-order valence-corrected chi connectivity index (χ4v) is 9.46. The van der Waals surface area contributed by atoms with Crippen molar-refractivity contribution in [1.82, 2.24) is 19.5 Å². The average Bonchev–Trinajstić information content (AvgIpc) is 3.78. The molecule has 7 aromatic carbocycles. The summed E-state index contributed by atoms with van der Waals surface area (Å²) in [5.74, 6) is 1.90. The molecule has 0 amide bonds. The Labute approximate surface area is 320 Å². The van der Waals surface area contributed by atoms with Gasteiger partial charge < -0.3 is 0 Å². The van der Waals surface area contributed by atoms with Gasteiger partial charge in [-0.15, -0.1) is 0 Å². The van der Waals surface area contributed by atoms with E-state index in [1.165, 1.54) is 60.8 Å². The second kappa shape index (κ2) is 11.4. The highest BCUT2D eigenvalue weighted by Gasteiger charge is 2.38. The zero-order valence-electron chi connectivity index (χ0n) is 31.3. The van der Waals surface area contributed by atoms with Crippen molar-refractivity contribution in [3.05, 3.63) is 180 Å². The van der Waals surface area contributed by atoms with Gasteiger partial charge in [0.05, 0.1) is 11.0 Å². The second-order valence-electron chi connectivity index (χ2n) is 16.1. The molecular formula is C51H38N4. The lowest BCUT2D eigenvalue weighted by Crippen LogP contribution is -2.15. The molecule has 0 saturated carbocycles. The molecule has 0 fully saturated rings. The van der Waals surface area contributed by atoms with Gasteiger partial charge in [0, 0.05) is 38.3 Å². The highest BCUT2D eigenvalue weighted by molar-refractivity contribution is 6.15. The topological polar surface area (TPSA) is 43.6 Å². The molecule has 11 rings (SSSR count). The van der Waals surface area contributed by atoms with Gasteiger partial charge in [-0.2, -0.15) is 9.97 Å². The van der Waals surface area contributed by atoms with Crippen molar-refractivity contribution in [2.75, 3.05) is 0 Å². The summed E-state index contributed by atoms with van der Waals surface area (Å²) in [6.45, 7) is 9.31. The van der Waals surface area contributed by atoms with Crippen LogP contribution in [-0.4, -0.2) is 19.5 Å². The van der Waals surface area contributed by atoms with E-state index in [1.54, 1.807) is 0 Å². The molecule has 0 saturated heterocycles. The highest BCUT2D eigenvalue weighted by Crippen LogP contribution is 2.53. The largest absolute Gasteiger partial charge is 0.277 e. The zero-order chi connectivity index (χ0) is 37.1. The first-order valence-corrected chi connectivity index (χ1v) is 19.1. The first-order chi connectivity index (χ1) is 26.8. The molecule has 2 aromatic heterocycles. The molecule has 262 valence electrons. The molecule has 0 aliphatic heterocycles. The van der Waals surface area contributed by atoms with Crippen LogP contribution in [-0.2, 0) is 10.8 Å². The highest BCUT2D eigenvalue weighted by atomic mass is 15.2. The Morgan fingerprint density at radius 1 is 0.400 bits per heavy atom. The van der Waals surface area contributed by atoms with Gasteiger partial charge in [0.15, 0.2) is 11.6 Å². The van der Waals surface area contributed by atoms with E-state index >= 15 is 0 Å². The minimum Gasteiger partial charge on any atom is -0.277 e. The smallest absolute Gasteiger partial charge is 0.238 e. The van der Waals surface area contributed by atoms with E-state index in [2.05, 4.69) is 184 Å². The molecular weight excluding hydrogens is 669 g/mol. The summed E-state index contributed by atoms with van der Waals surface area (Å²) in [6.07, 6.45) is 0. The lowest BCUT2D eigenvalue weighted by Gasteiger charge is -2.22. The standard InChI is InChI=1S/C51H38N4/c1-50(2)41-20-12-9-18-39(41)45-42(50)29-28-38-37-17-10-13-21-44(37)55(46(38)45)49-53-47(33-24-22-32(23-25-33)31-14-6-5-7-15-31)52-48(54-49)34-26-27-36-35-16-8-11-19-40(35)51(3,4)43(36)30-34/h5-30H,1-4H3. The predicted octanol–water partition coefficient (Wildman–Crippen LogP) is 12.6. The average molecular weight is 707 g/mol. The quantitative estimate of drug-likeness (QED) is 0.183. The monoisotopic (exact) mass is 706 g/mol. The zero-order valence-corrected chi connectivity index (χ0v) is 31.3. The van der Waals surface area contributed by atoms with E-state index in [4.69, 9.17) is 15.0 Å². The summed E-state index contributed by atoms with van der Waals surface area (Å²) in [5.41, 5.74) is 16.5. The molecule has 4 nitrogen and oxygen atoms in total. The summed E-state index contributed by atoms with van der Waals surface area (Å²) in [6, 6.07) is 56.7. The van der Waals surface area contributed by atoms with Crippen LogP contribution in [0.2, 0.25) is 0 Å². The van der Waals surface area contributed by atoms with E-state index in [0.29, 0.717) is 17.6 Å². The Balaban J connectivity index is 1.18. The number of benzene rings is 7. The first kappa shape index (κ1) is 31.8. The minimum atomic E-state index is -0.151. The van der Waals surface area contributed by atoms with Gasteiger partial charge in [-0.05, 0) is 62.2 Å². The van der Waals surface area contributed by atoms with Crippen molar-refractivity contribution >= 4 is 21.8 Å². The van der Waals surface area contributed by atoms with Crippen LogP contribution in [0.5, 0.6) is 0 Å². The van der Waals surface area contributed by atoms with Crippen LogP contribution in [0, 0.1) is 0 Å². The van der Waals surface area contributed by atoms with E-state index in [-0.39, 0.29) is 10.8 Å². The van der Waals surface area contributed by atoms with Gasteiger partial charge in [-0.25, -0.2) is 4.98 Å². The van der Waals surface area contributed by atoms with Crippen LogP contribution in [0.25, 0.3) is 83.9 Å². The molecule has 55 heavy (non-hydrogen) atoms. The molecule has 2 heterocycles. The number of hydrogen-bond acceptors (Lipinski definition) is 3.